The maximum absolute atomic E-state index is 14.2. The van der Waals surface area contributed by atoms with Gasteiger partial charge in [0.15, 0.2) is 0 Å². The van der Waals surface area contributed by atoms with Crippen LogP contribution in [0.4, 0.5) is 4.39 Å². The standard InChI is InChI=1S/C20H22ClFN2O4S/c1-13-10-14(2-4-16(13)17-5-3-15(21)11-18(17)22)12-23-20(19(25)24-26)6-8-29(27,28)9-7-20/h2-5,10-11,23,26H,6-9,12H2,1H3,(H,24,25). The molecule has 0 aliphatic carbocycles. The number of benzene rings is 2. The lowest BCUT2D eigenvalue weighted by molar-refractivity contribution is -0.136. The van der Waals surface area contributed by atoms with Crippen molar-refractivity contribution < 1.29 is 22.8 Å². The van der Waals surface area contributed by atoms with Crippen molar-refractivity contribution in [2.75, 3.05) is 11.5 Å². The molecule has 3 N–H and O–H groups in total. The third-order valence-electron chi connectivity index (χ3n) is 5.36. The van der Waals surface area contributed by atoms with Crippen LogP contribution in [-0.4, -0.2) is 36.6 Å². The number of rotatable bonds is 5. The van der Waals surface area contributed by atoms with Gasteiger partial charge < -0.3 is 0 Å². The van der Waals surface area contributed by atoms with Crippen molar-refractivity contribution in [1.29, 1.82) is 0 Å². The van der Waals surface area contributed by atoms with Gasteiger partial charge in [-0.05, 0) is 54.7 Å². The van der Waals surface area contributed by atoms with E-state index in [-0.39, 0.29) is 30.9 Å². The Bertz CT molecular complexity index is 1030. The molecule has 2 aromatic rings. The molecular formula is C20H22ClFN2O4S. The first-order valence-electron chi connectivity index (χ1n) is 9.11. The van der Waals surface area contributed by atoms with Crippen molar-refractivity contribution in [3.05, 3.63) is 58.4 Å². The van der Waals surface area contributed by atoms with Gasteiger partial charge in [-0.2, -0.15) is 0 Å². The zero-order chi connectivity index (χ0) is 21.2. The number of sulfone groups is 1. The highest BCUT2D eigenvalue weighted by Crippen LogP contribution is 2.29. The van der Waals surface area contributed by atoms with Gasteiger partial charge in [-0.3, -0.25) is 15.3 Å². The molecule has 0 radical (unpaired) electrons. The fourth-order valence-corrected chi connectivity index (χ4v) is 5.28. The molecule has 2 aromatic carbocycles. The summed E-state index contributed by atoms with van der Waals surface area (Å²) in [5.41, 5.74) is 3.35. The van der Waals surface area contributed by atoms with Crippen molar-refractivity contribution in [3.63, 3.8) is 0 Å². The number of amides is 1. The predicted molar refractivity (Wildman–Crippen MR) is 109 cm³/mol. The molecule has 29 heavy (non-hydrogen) atoms. The highest BCUT2D eigenvalue weighted by atomic mass is 35.5. The van der Waals surface area contributed by atoms with Crippen LogP contribution >= 0.6 is 11.6 Å². The van der Waals surface area contributed by atoms with E-state index in [9.17, 15) is 17.6 Å². The van der Waals surface area contributed by atoms with Crippen molar-refractivity contribution >= 4 is 27.3 Å². The Morgan fingerprint density at radius 1 is 1.17 bits per heavy atom. The highest BCUT2D eigenvalue weighted by Gasteiger charge is 2.43. The van der Waals surface area contributed by atoms with Crippen LogP contribution in [0.15, 0.2) is 36.4 Å². The lowest BCUT2D eigenvalue weighted by Gasteiger charge is -2.35. The Morgan fingerprint density at radius 3 is 2.41 bits per heavy atom. The zero-order valence-corrected chi connectivity index (χ0v) is 17.4. The lowest BCUT2D eigenvalue weighted by atomic mass is 9.90. The van der Waals surface area contributed by atoms with E-state index in [1.807, 2.05) is 19.1 Å². The fourth-order valence-electron chi connectivity index (χ4n) is 3.59. The smallest absolute Gasteiger partial charge is 0.263 e. The second kappa shape index (κ2) is 8.39. The SMILES string of the molecule is Cc1cc(CNC2(C(=O)NO)CCS(=O)(=O)CC2)ccc1-c1ccc(Cl)cc1F. The van der Waals surface area contributed by atoms with Gasteiger partial charge in [0.25, 0.3) is 5.91 Å². The molecule has 156 valence electrons. The minimum atomic E-state index is -3.18. The van der Waals surface area contributed by atoms with Gasteiger partial charge in [0.2, 0.25) is 0 Å². The van der Waals surface area contributed by atoms with E-state index < -0.39 is 27.1 Å². The van der Waals surface area contributed by atoms with Crippen LogP contribution in [0.2, 0.25) is 5.02 Å². The first kappa shape index (κ1) is 21.7. The van der Waals surface area contributed by atoms with E-state index >= 15 is 0 Å². The van der Waals surface area contributed by atoms with Crippen LogP contribution in [0.3, 0.4) is 0 Å². The minimum absolute atomic E-state index is 0.0782. The average Bonchev–Trinajstić information content (AvgIpc) is 2.68. The molecular weight excluding hydrogens is 419 g/mol. The van der Waals surface area contributed by atoms with E-state index in [1.54, 1.807) is 23.7 Å². The molecule has 0 aromatic heterocycles. The molecule has 9 heteroatoms. The Morgan fingerprint density at radius 2 is 1.83 bits per heavy atom. The van der Waals surface area contributed by atoms with E-state index in [4.69, 9.17) is 16.8 Å². The molecule has 6 nitrogen and oxygen atoms in total. The largest absolute Gasteiger partial charge is 0.299 e. The van der Waals surface area contributed by atoms with Crippen LogP contribution < -0.4 is 10.8 Å². The van der Waals surface area contributed by atoms with Gasteiger partial charge in [-0.1, -0.05) is 29.8 Å². The second-order valence-corrected chi connectivity index (χ2v) is 10.0. The van der Waals surface area contributed by atoms with Crippen molar-refractivity contribution in [1.82, 2.24) is 10.8 Å². The molecule has 0 spiro atoms. The Balaban J connectivity index is 1.79. The molecule has 0 atom stereocenters. The van der Waals surface area contributed by atoms with Crippen LogP contribution in [-0.2, 0) is 21.2 Å². The molecule has 1 amide bonds. The van der Waals surface area contributed by atoms with E-state index in [0.717, 1.165) is 16.7 Å². The molecule has 0 bridgehead atoms. The first-order valence-corrected chi connectivity index (χ1v) is 11.3. The number of hydrogen-bond donors (Lipinski definition) is 3. The van der Waals surface area contributed by atoms with Crippen molar-refractivity contribution in [2.45, 2.75) is 31.8 Å². The molecule has 1 aliphatic heterocycles. The summed E-state index contributed by atoms with van der Waals surface area (Å²) >= 11 is 5.82. The van der Waals surface area contributed by atoms with Crippen molar-refractivity contribution in [3.8, 4) is 11.1 Å². The summed E-state index contributed by atoms with van der Waals surface area (Å²) in [7, 11) is -3.18. The molecule has 0 saturated carbocycles. The summed E-state index contributed by atoms with van der Waals surface area (Å²) in [6.45, 7) is 2.15. The highest BCUT2D eigenvalue weighted by molar-refractivity contribution is 7.91. The summed E-state index contributed by atoms with van der Waals surface area (Å²) < 4.78 is 37.7. The lowest BCUT2D eigenvalue weighted by Crippen LogP contribution is -2.59. The third kappa shape index (κ3) is 4.78. The summed E-state index contributed by atoms with van der Waals surface area (Å²) in [6.07, 6.45) is 0.156. The third-order valence-corrected chi connectivity index (χ3v) is 7.25. The predicted octanol–water partition coefficient (Wildman–Crippen LogP) is 3.00. The number of hydrogen-bond acceptors (Lipinski definition) is 5. The van der Waals surface area contributed by atoms with Crippen LogP contribution in [0.5, 0.6) is 0 Å². The van der Waals surface area contributed by atoms with Gasteiger partial charge in [-0.25, -0.2) is 18.3 Å². The van der Waals surface area contributed by atoms with Gasteiger partial charge in [0.05, 0.1) is 11.5 Å². The Labute approximate surface area is 174 Å². The van der Waals surface area contributed by atoms with Crippen LogP contribution in [0.1, 0.15) is 24.0 Å². The van der Waals surface area contributed by atoms with Crippen molar-refractivity contribution in [2.24, 2.45) is 0 Å². The topological polar surface area (TPSA) is 95.5 Å². The van der Waals surface area contributed by atoms with Gasteiger partial charge >= 0.3 is 0 Å². The van der Waals surface area contributed by atoms with Gasteiger partial charge in [0.1, 0.15) is 21.2 Å². The van der Waals surface area contributed by atoms with E-state index in [0.29, 0.717) is 10.6 Å². The maximum Gasteiger partial charge on any atom is 0.263 e. The number of nitrogens with one attached hydrogen (secondary N) is 2. The second-order valence-electron chi connectivity index (χ2n) is 7.30. The molecule has 1 aliphatic rings. The Hall–Kier alpha value is -2.00. The summed E-state index contributed by atoms with van der Waals surface area (Å²) in [4.78, 5) is 12.2. The van der Waals surface area contributed by atoms with Crippen LogP contribution in [0.25, 0.3) is 11.1 Å². The number of carbonyl (C=O) groups is 1. The normalized spacial score (nSPS) is 17.7. The minimum Gasteiger partial charge on any atom is -0.299 e. The molecule has 1 fully saturated rings. The fraction of sp³-hybridized carbons (Fsp3) is 0.350. The summed E-state index contributed by atoms with van der Waals surface area (Å²) in [5, 5.41) is 12.5. The van der Waals surface area contributed by atoms with E-state index in [2.05, 4.69) is 5.32 Å². The average molecular weight is 441 g/mol. The molecule has 1 heterocycles. The molecule has 0 unspecified atom stereocenters. The van der Waals surface area contributed by atoms with Crippen LogP contribution in [0, 0.1) is 12.7 Å². The summed E-state index contributed by atoms with van der Waals surface area (Å²) in [6, 6.07) is 10.0. The molecule has 1 saturated heterocycles. The number of halogens is 2. The van der Waals surface area contributed by atoms with E-state index in [1.165, 1.54) is 6.07 Å². The number of aryl methyl sites for hydroxylation is 1. The van der Waals surface area contributed by atoms with Gasteiger partial charge in [-0.15, -0.1) is 0 Å². The number of hydroxylamine groups is 1. The number of carbonyl (C=O) groups excluding carboxylic acids is 1. The quantitative estimate of drug-likeness (QED) is 0.490. The zero-order valence-electron chi connectivity index (χ0n) is 15.8. The maximum atomic E-state index is 14.2. The monoisotopic (exact) mass is 440 g/mol. The Kier molecular flexibility index (Phi) is 6.28. The van der Waals surface area contributed by atoms with Gasteiger partial charge in [0, 0.05) is 17.1 Å². The molecule has 3 rings (SSSR count). The summed E-state index contributed by atoms with van der Waals surface area (Å²) in [5.74, 6) is -1.31. The first-order chi connectivity index (χ1) is 13.7.